The first-order valence-electron chi connectivity index (χ1n) is 8.07. The molecule has 0 saturated carbocycles. The zero-order chi connectivity index (χ0) is 16.2. The highest BCUT2D eigenvalue weighted by Gasteiger charge is 2.12. The summed E-state index contributed by atoms with van der Waals surface area (Å²) in [7, 11) is 0. The number of fused-ring (bicyclic) bond motifs is 1. The van der Waals surface area contributed by atoms with Crippen LogP contribution in [0.15, 0.2) is 48.5 Å². The Hall–Kier alpha value is -2.62. The number of hydrogen-bond acceptors (Lipinski definition) is 4. The summed E-state index contributed by atoms with van der Waals surface area (Å²) in [6.45, 7) is 8.21. The van der Waals surface area contributed by atoms with Gasteiger partial charge in [-0.3, -0.25) is 0 Å². The van der Waals surface area contributed by atoms with Crippen molar-refractivity contribution >= 4 is 28.4 Å². The Morgan fingerprint density at radius 1 is 0.913 bits per heavy atom. The fourth-order valence-electron chi connectivity index (χ4n) is 2.71. The van der Waals surface area contributed by atoms with E-state index in [1.807, 2.05) is 36.4 Å². The molecule has 0 aliphatic heterocycles. The Morgan fingerprint density at radius 3 is 2.35 bits per heavy atom. The van der Waals surface area contributed by atoms with Gasteiger partial charge in [-0.15, -0.1) is 0 Å². The molecule has 0 atom stereocenters. The molecule has 0 aliphatic carbocycles. The summed E-state index contributed by atoms with van der Waals surface area (Å²) in [5.74, 6) is 1.62. The SMILES string of the molecule is CCN(CC)c1nc(Nc2ccccc2C)nc2ccccc12. The van der Waals surface area contributed by atoms with Crippen LogP contribution in [0.5, 0.6) is 0 Å². The Morgan fingerprint density at radius 2 is 1.61 bits per heavy atom. The van der Waals surface area contributed by atoms with E-state index in [-0.39, 0.29) is 0 Å². The summed E-state index contributed by atoms with van der Waals surface area (Å²) in [6.07, 6.45) is 0. The Balaban J connectivity index is 2.09. The predicted octanol–water partition coefficient (Wildman–Crippen LogP) is 4.53. The number of benzene rings is 2. The number of aryl methyl sites for hydroxylation is 1. The minimum absolute atomic E-state index is 0.639. The number of hydrogen-bond donors (Lipinski definition) is 1. The van der Waals surface area contributed by atoms with E-state index in [1.165, 1.54) is 5.56 Å². The molecule has 118 valence electrons. The van der Waals surface area contributed by atoms with E-state index >= 15 is 0 Å². The van der Waals surface area contributed by atoms with Gasteiger partial charge >= 0.3 is 0 Å². The van der Waals surface area contributed by atoms with Crippen molar-refractivity contribution in [3.63, 3.8) is 0 Å². The third kappa shape index (κ3) is 3.11. The molecule has 2 aromatic carbocycles. The molecule has 3 aromatic rings. The second-order valence-electron chi connectivity index (χ2n) is 5.50. The number of rotatable bonds is 5. The van der Waals surface area contributed by atoms with Gasteiger partial charge in [0.15, 0.2) is 0 Å². The molecule has 1 N–H and O–H groups in total. The molecule has 0 unspecified atom stereocenters. The first-order chi connectivity index (χ1) is 11.2. The fraction of sp³-hybridized carbons (Fsp3) is 0.263. The van der Waals surface area contributed by atoms with Crippen molar-refractivity contribution in [2.75, 3.05) is 23.3 Å². The molecular weight excluding hydrogens is 284 g/mol. The lowest BCUT2D eigenvalue weighted by molar-refractivity contribution is 0.850. The normalized spacial score (nSPS) is 10.7. The quantitative estimate of drug-likeness (QED) is 0.752. The molecule has 0 bridgehead atoms. The van der Waals surface area contributed by atoms with E-state index < -0.39 is 0 Å². The molecule has 0 radical (unpaired) electrons. The van der Waals surface area contributed by atoms with E-state index in [1.54, 1.807) is 0 Å². The Labute approximate surface area is 137 Å². The second kappa shape index (κ2) is 6.65. The number of nitrogens with zero attached hydrogens (tertiary/aromatic N) is 3. The lowest BCUT2D eigenvalue weighted by Crippen LogP contribution is -2.23. The van der Waals surface area contributed by atoms with E-state index in [9.17, 15) is 0 Å². The summed E-state index contributed by atoms with van der Waals surface area (Å²) >= 11 is 0. The summed E-state index contributed by atoms with van der Waals surface area (Å²) in [4.78, 5) is 11.7. The van der Waals surface area contributed by atoms with Crippen molar-refractivity contribution in [3.8, 4) is 0 Å². The highest BCUT2D eigenvalue weighted by Crippen LogP contribution is 2.27. The zero-order valence-corrected chi connectivity index (χ0v) is 13.9. The molecule has 0 spiro atoms. The highest BCUT2D eigenvalue weighted by molar-refractivity contribution is 5.90. The molecule has 0 aliphatic rings. The average molecular weight is 306 g/mol. The Kier molecular flexibility index (Phi) is 4.42. The van der Waals surface area contributed by atoms with Gasteiger partial charge in [-0.1, -0.05) is 30.3 Å². The van der Waals surface area contributed by atoms with Crippen LogP contribution in [0.4, 0.5) is 17.5 Å². The van der Waals surface area contributed by atoms with Crippen LogP contribution in [-0.4, -0.2) is 23.1 Å². The summed E-state index contributed by atoms with van der Waals surface area (Å²) in [5.41, 5.74) is 3.17. The van der Waals surface area contributed by atoms with Gasteiger partial charge in [-0.25, -0.2) is 4.98 Å². The first-order valence-corrected chi connectivity index (χ1v) is 8.07. The standard InChI is InChI=1S/C19H22N4/c1-4-23(5-2)18-15-11-7-9-13-17(15)21-19(22-18)20-16-12-8-6-10-14(16)3/h6-13H,4-5H2,1-3H3,(H,20,21,22). The maximum Gasteiger partial charge on any atom is 0.229 e. The number of para-hydroxylation sites is 2. The van der Waals surface area contributed by atoms with Crippen LogP contribution in [0.1, 0.15) is 19.4 Å². The molecular formula is C19H22N4. The maximum absolute atomic E-state index is 4.78. The van der Waals surface area contributed by atoms with Crippen molar-refractivity contribution < 1.29 is 0 Å². The molecule has 1 heterocycles. The van der Waals surface area contributed by atoms with Gasteiger partial charge in [0.1, 0.15) is 5.82 Å². The molecule has 23 heavy (non-hydrogen) atoms. The fourth-order valence-corrected chi connectivity index (χ4v) is 2.71. The van der Waals surface area contributed by atoms with Crippen molar-refractivity contribution in [1.82, 2.24) is 9.97 Å². The van der Waals surface area contributed by atoms with Gasteiger partial charge in [-0.05, 0) is 44.5 Å². The van der Waals surface area contributed by atoms with Crippen molar-refractivity contribution in [2.45, 2.75) is 20.8 Å². The minimum Gasteiger partial charge on any atom is -0.356 e. The molecule has 4 nitrogen and oxygen atoms in total. The number of anilines is 3. The van der Waals surface area contributed by atoms with Crippen LogP contribution in [0, 0.1) is 6.92 Å². The van der Waals surface area contributed by atoms with Crippen molar-refractivity contribution in [2.24, 2.45) is 0 Å². The van der Waals surface area contributed by atoms with Crippen LogP contribution < -0.4 is 10.2 Å². The molecule has 0 amide bonds. The van der Waals surface area contributed by atoms with Crippen molar-refractivity contribution in [3.05, 3.63) is 54.1 Å². The lowest BCUT2D eigenvalue weighted by atomic mass is 10.2. The minimum atomic E-state index is 0.639. The largest absolute Gasteiger partial charge is 0.356 e. The summed E-state index contributed by atoms with van der Waals surface area (Å²) < 4.78 is 0. The highest BCUT2D eigenvalue weighted by atomic mass is 15.2. The molecule has 0 fully saturated rings. The monoisotopic (exact) mass is 306 g/mol. The van der Waals surface area contributed by atoms with E-state index in [2.05, 4.69) is 48.1 Å². The Bertz CT molecular complexity index is 809. The first kappa shape index (κ1) is 15.3. The molecule has 3 rings (SSSR count). The molecule has 4 heteroatoms. The van der Waals surface area contributed by atoms with Crippen LogP contribution in [0.25, 0.3) is 10.9 Å². The smallest absolute Gasteiger partial charge is 0.229 e. The van der Waals surface area contributed by atoms with Gasteiger partial charge in [0.2, 0.25) is 5.95 Å². The van der Waals surface area contributed by atoms with Crippen molar-refractivity contribution in [1.29, 1.82) is 0 Å². The summed E-state index contributed by atoms with van der Waals surface area (Å²) in [6, 6.07) is 16.3. The lowest BCUT2D eigenvalue weighted by Gasteiger charge is -2.22. The molecule has 1 aromatic heterocycles. The van der Waals surface area contributed by atoms with Gasteiger partial charge in [0, 0.05) is 24.2 Å². The van der Waals surface area contributed by atoms with Crippen LogP contribution in [0.2, 0.25) is 0 Å². The zero-order valence-electron chi connectivity index (χ0n) is 13.9. The van der Waals surface area contributed by atoms with Crippen LogP contribution >= 0.6 is 0 Å². The molecule has 0 saturated heterocycles. The third-order valence-corrected chi connectivity index (χ3v) is 4.04. The second-order valence-corrected chi connectivity index (χ2v) is 5.50. The average Bonchev–Trinajstić information content (AvgIpc) is 2.58. The van der Waals surface area contributed by atoms with Gasteiger partial charge in [0.05, 0.1) is 5.52 Å². The maximum atomic E-state index is 4.78. The third-order valence-electron chi connectivity index (χ3n) is 4.04. The summed E-state index contributed by atoms with van der Waals surface area (Å²) in [5, 5.41) is 4.45. The predicted molar refractivity (Wildman–Crippen MR) is 97.6 cm³/mol. The van der Waals surface area contributed by atoms with Gasteiger partial charge in [-0.2, -0.15) is 4.98 Å². The van der Waals surface area contributed by atoms with Gasteiger partial charge < -0.3 is 10.2 Å². The number of nitrogens with one attached hydrogen (secondary N) is 1. The van der Waals surface area contributed by atoms with Gasteiger partial charge in [0.25, 0.3) is 0 Å². The number of aromatic nitrogens is 2. The van der Waals surface area contributed by atoms with Crippen LogP contribution in [0.3, 0.4) is 0 Å². The topological polar surface area (TPSA) is 41.1 Å². The van der Waals surface area contributed by atoms with E-state index in [0.29, 0.717) is 5.95 Å². The van der Waals surface area contributed by atoms with Crippen LogP contribution in [-0.2, 0) is 0 Å². The van der Waals surface area contributed by atoms with E-state index in [4.69, 9.17) is 4.98 Å². The van der Waals surface area contributed by atoms with E-state index in [0.717, 1.165) is 35.5 Å².